The molecule has 0 amide bonds. The first-order valence-electron chi connectivity index (χ1n) is 7.47. The van der Waals surface area contributed by atoms with Gasteiger partial charge in [0.15, 0.2) is 0 Å². The summed E-state index contributed by atoms with van der Waals surface area (Å²) in [6.07, 6.45) is 5.37. The lowest BCUT2D eigenvalue weighted by molar-refractivity contribution is 0.0552. The molecule has 19 heavy (non-hydrogen) atoms. The highest BCUT2D eigenvalue weighted by Crippen LogP contribution is 2.40. The molecule has 3 heterocycles. The van der Waals surface area contributed by atoms with Gasteiger partial charge in [0.25, 0.3) is 0 Å². The smallest absolute Gasteiger partial charge is 0.0366 e. The van der Waals surface area contributed by atoms with Crippen LogP contribution >= 0.6 is 12.4 Å². The van der Waals surface area contributed by atoms with Gasteiger partial charge >= 0.3 is 0 Å². The molecule has 1 N–H and O–H groups in total. The number of benzene rings is 1. The van der Waals surface area contributed by atoms with Crippen LogP contribution in [-0.2, 0) is 6.42 Å². The standard InChI is InChI=1S/C16H22N2.ClH/c1-2-6-14-12(4-1)7-9-18-11-13-5-3-8-17-15(13)10-16(14)18;/h1-2,4,6,13,15-17H,3,5,7-11H2;1H. The normalized spacial score (nSPS) is 33.6. The Morgan fingerprint density at radius 1 is 1.21 bits per heavy atom. The maximum absolute atomic E-state index is 3.76. The van der Waals surface area contributed by atoms with Crippen LogP contribution in [0.15, 0.2) is 24.3 Å². The molecule has 0 bridgehead atoms. The zero-order valence-corrected chi connectivity index (χ0v) is 12.2. The molecule has 3 heteroatoms. The van der Waals surface area contributed by atoms with Crippen LogP contribution in [0.3, 0.4) is 0 Å². The van der Waals surface area contributed by atoms with Crippen molar-refractivity contribution >= 4 is 12.4 Å². The third kappa shape index (κ3) is 2.31. The number of halogens is 1. The topological polar surface area (TPSA) is 15.3 Å². The SMILES string of the molecule is Cl.c1ccc2c(c1)CCN1CC3CCCNC3CC21. The maximum atomic E-state index is 3.76. The minimum absolute atomic E-state index is 0. The molecule has 3 aliphatic heterocycles. The molecule has 4 rings (SSSR count). The molecule has 0 aromatic heterocycles. The van der Waals surface area contributed by atoms with Crippen molar-refractivity contribution < 1.29 is 0 Å². The van der Waals surface area contributed by atoms with Crippen molar-refractivity contribution in [2.45, 2.75) is 37.8 Å². The van der Waals surface area contributed by atoms with E-state index in [1.54, 1.807) is 11.1 Å². The number of nitrogens with one attached hydrogen (secondary N) is 1. The van der Waals surface area contributed by atoms with Crippen molar-refractivity contribution in [2.24, 2.45) is 5.92 Å². The lowest BCUT2D eigenvalue weighted by Gasteiger charge is -2.49. The molecule has 0 aliphatic carbocycles. The van der Waals surface area contributed by atoms with Crippen LogP contribution < -0.4 is 5.32 Å². The summed E-state index contributed by atoms with van der Waals surface area (Å²) < 4.78 is 0. The van der Waals surface area contributed by atoms with E-state index in [4.69, 9.17) is 0 Å². The first-order valence-corrected chi connectivity index (χ1v) is 7.47. The summed E-state index contributed by atoms with van der Waals surface area (Å²) in [5, 5.41) is 3.76. The second kappa shape index (κ2) is 5.43. The van der Waals surface area contributed by atoms with Crippen molar-refractivity contribution in [1.29, 1.82) is 0 Å². The largest absolute Gasteiger partial charge is 0.314 e. The van der Waals surface area contributed by atoms with Crippen LogP contribution in [0, 0.1) is 5.92 Å². The summed E-state index contributed by atoms with van der Waals surface area (Å²) in [7, 11) is 0. The second-order valence-electron chi connectivity index (χ2n) is 6.16. The van der Waals surface area contributed by atoms with E-state index in [9.17, 15) is 0 Å². The Labute approximate surface area is 122 Å². The molecule has 3 aliphatic rings. The summed E-state index contributed by atoms with van der Waals surface area (Å²) in [4.78, 5) is 2.75. The Balaban J connectivity index is 0.00000110. The fourth-order valence-corrected chi connectivity index (χ4v) is 4.25. The molecule has 2 fully saturated rings. The molecule has 104 valence electrons. The first-order chi connectivity index (χ1) is 8.92. The summed E-state index contributed by atoms with van der Waals surface area (Å²) >= 11 is 0. The van der Waals surface area contributed by atoms with Gasteiger partial charge in [-0.1, -0.05) is 24.3 Å². The zero-order valence-electron chi connectivity index (χ0n) is 11.3. The van der Waals surface area contributed by atoms with E-state index >= 15 is 0 Å². The monoisotopic (exact) mass is 278 g/mol. The molecule has 2 saturated heterocycles. The summed E-state index contributed by atoms with van der Waals surface area (Å²) in [6.45, 7) is 3.82. The lowest BCUT2D eigenvalue weighted by atomic mass is 9.77. The van der Waals surface area contributed by atoms with Crippen LogP contribution in [0.1, 0.15) is 36.4 Å². The van der Waals surface area contributed by atoms with Crippen molar-refractivity contribution in [3.8, 4) is 0 Å². The highest BCUT2D eigenvalue weighted by atomic mass is 35.5. The van der Waals surface area contributed by atoms with E-state index in [0.717, 1.165) is 12.0 Å². The van der Waals surface area contributed by atoms with Gasteiger partial charge in [-0.25, -0.2) is 0 Å². The predicted octanol–water partition coefficient (Wildman–Crippen LogP) is 2.78. The number of piperidine rings is 2. The molecule has 1 aromatic carbocycles. The molecule has 0 saturated carbocycles. The van der Waals surface area contributed by atoms with Gasteiger partial charge in [0.05, 0.1) is 0 Å². The average molecular weight is 279 g/mol. The quantitative estimate of drug-likeness (QED) is 0.785. The van der Waals surface area contributed by atoms with E-state index in [1.807, 2.05) is 0 Å². The molecule has 0 spiro atoms. The van der Waals surface area contributed by atoms with Crippen molar-refractivity contribution in [1.82, 2.24) is 10.2 Å². The van der Waals surface area contributed by atoms with Gasteiger partial charge in [0.1, 0.15) is 0 Å². The summed E-state index contributed by atoms with van der Waals surface area (Å²) in [5.74, 6) is 0.903. The fourth-order valence-electron chi connectivity index (χ4n) is 4.25. The van der Waals surface area contributed by atoms with Gasteiger partial charge in [0, 0.05) is 25.2 Å². The highest BCUT2D eigenvalue weighted by molar-refractivity contribution is 5.85. The van der Waals surface area contributed by atoms with Crippen molar-refractivity contribution in [3.63, 3.8) is 0 Å². The van der Waals surface area contributed by atoms with Crippen molar-refractivity contribution in [3.05, 3.63) is 35.4 Å². The van der Waals surface area contributed by atoms with Crippen LogP contribution in [-0.4, -0.2) is 30.6 Å². The lowest BCUT2D eigenvalue weighted by Crippen LogP contribution is -2.54. The third-order valence-corrected chi connectivity index (χ3v) is 5.20. The van der Waals surface area contributed by atoms with E-state index in [2.05, 4.69) is 34.5 Å². The van der Waals surface area contributed by atoms with Gasteiger partial charge < -0.3 is 5.32 Å². The summed E-state index contributed by atoms with van der Waals surface area (Å²) in [6, 6.07) is 10.5. The van der Waals surface area contributed by atoms with E-state index in [-0.39, 0.29) is 12.4 Å². The predicted molar refractivity (Wildman–Crippen MR) is 80.8 cm³/mol. The molecule has 0 radical (unpaired) electrons. The van der Waals surface area contributed by atoms with Gasteiger partial charge in [-0.2, -0.15) is 0 Å². The second-order valence-corrected chi connectivity index (χ2v) is 6.16. The molecule has 3 unspecified atom stereocenters. The molecule has 3 atom stereocenters. The Hall–Kier alpha value is -0.570. The fraction of sp³-hybridized carbons (Fsp3) is 0.625. The Morgan fingerprint density at radius 2 is 2.11 bits per heavy atom. The minimum Gasteiger partial charge on any atom is -0.314 e. The number of rotatable bonds is 0. The molecule has 2 nitrogen and oxygen atoms in total. The van der Waals surface area contributed by atoms with Gasteiger partial charge in [-0.05, 0) is 49.3 Å². The van der Waals surface area contributed by atoms with Gasteiger partial charge in [-0.15, -0.1) is 12.4 Å². The zero-order chi connectivity index (χ0) is 11.9. The van der Waals surface area contributed by atoms with Crippen molar-refractivity contribution in [2.75, 3.05) is 19.6 Å². The van der Waals surface area contributed by atoms with Crippen LogP contribution in [0.5, 0.6) is 0 Å². The van der Waals surface area contributed by atoms with E-state index in [0.29, 0.717) is 6.04 Å². The van der Waals surface area contributed by atoms with Crippen LogP contribution in [0.2, 0.25) is 0 Å². The number of fused-ring (bicyclic) bond motifs is 4. The maximum Gasteiger partial charge on any atom is 0.0366 e. The first kappa shape index (κ1) is 13.4. The number of nitrogens with zero attached hydrogens (tertiary/aromatic N) is 1. The van der Waals surface area contributed by atoms with Crippen LogP contribution in [0.25, 0.3) is 0 Å². The van der Waals surface area contributed by atoms with Gasteiger partial charge in [-0.3, -0.25) is 4.90 Å². The minimum atomic E-state index is 0. The average Bonchev–Trinajstić information content (AvgIpc) is 2.45. The molecule has 1 aromatic rings. The van der Waals surface area contributed by atoms with E-state index in [1.165, 1.54) is 45.3 Å². The van der Waals surface area contributed by atoms with Crippen LogP contribution in [0.4, 0.5) is 0 Å². The van der Waals surface area contributed by atoms with Gasteiger partial charge in [0.2, 0.25) is 0 Å². The number of hydrogen-bond acceptors (Lipinski definition) is 2. The van der Waals surface area contributed by atoms with E-state index < -0.39 is 0 Å². The molecular formula is C16H23ClN2. The Kier molecular flexibility index (Phi) is 3.84. The third-order valence-electron chi connectivity index (χ3n) is 5.20. The Bertz CT molecular complexity index is 448. The number of hydrogen-bond donors (Lipinski definition) is 1. The molecular weight excluding hydrogens is 256 g/mol. The Morgan fingerprint density at radius 3 is 3.05 bits per heavy atom. The highest BCUT2D eigenvalue weighted by Gasteiger charge is 2.39. The summed E-state index contributed by atoms with van der Waals surface area (Å²) in [5.41, 5.74) is 3.20.